The highest BCUT2D eigenvalue weighted by molar-refractivity contribution is 8.00. The fraction of sp³-hybridized carbons (Fsp3) is 0.444. The lowest BCUT2D eigenvalue weighted by Crippen LogP contribution is -2.48. The summed E-state index contributed by atoms with van der Waals surface area (Å²) >= 11 is 1.14. The van der Waals surface area contributed by atoms with Gasteiger partial charge >= 0.3 is 12.1 Å². The summed E-state index contributed by atoms with van der Waals surface area (Å²) in [5.41, 5.74) is 1.63. The molecule has 1 aliphatic rings. The molecule has 1 heterocycles. The third kappa shape index (κ3) is 7.62. The summed E-state index contributed by atoms with van der Waals surface area (Å²) in [6, 6.07) is 14.2. The second-order valence-corrected chi connectivity index (χ2v) is 9.77. The number of imide groups is 1. The highest BCUT2D eigenvalue weighted by Gasteiger charge is 2.42. The number of thioether (sulfide) groups is 1. The smallest absolute Gasteiger partial charge is 0.417 e. The molecule has 37 heavy (non-hydrogen) atoms. The summed E-state index contributed by atoms with van der Waals surface area (Å²) in [6.45, 7) is 1.75. The van der Waals surface area contributed by atoms with Crippen molar-refractivity contribution in [3.05, 3.63) is 59.7 Å². The number of hydrogen-bond acceptors (Lipinski definition) is 9. The second kappa shape index (κ2) is 13.3. The fourth-order valence-corrected chi connectivity index (χ4v) is 4.98. The number of cyclic esters (lactones) is 1. The first-order valence-corrected chi connectivity index (χ1v) is 13.2. The van der Waals surface area contributed by atoms with Crippen LogP contribution in [0.25, 0.3) is 0 Å². The van der Waals surface area contributed by atoms with Gasteiger partial charge in [0.05, 0.1) is 32.8 Å². The van der Waals surface area contributed by atoms with Gasteiger partial charge in [-0.3, -0.25) is 9.59 Å². The van der Waals surface area contributed by atoms with Crippen LogP contribution in [0, 0.1) is 0 Å². The normalized spacial score (nSPS) is 17.5. The SMILES string of the molecule is COc1cc(CC(=O)O[C@H](C)C[C@H](O)[C@@H](SC)C(=O)N2C(=O)OC[C@H]2Cc2ccccc2)cc(OC)c1. The summed E-state index contributed by atoms with van der Waals surface area (Å²) in [5.74, 6) is 0.0921. The Hall–Kier alpha value is -3.24. The molecule has 2 amide bonds. The summed E-state index contributed by atoms with van der Waals surface area (Å²) in [5, 5.41) is 9.94. The van der Waals surface area contributed by atoms with E-state index >= 15 is 0 Å². The Morgan fingerprint density at radius 3 is 2.35 bits per heavy atom. The Bertz CT molecular complexity index is 1060. The molecule has 0 radical (unpaired) electrons. The molecule has 9 nitrogen and oxygen atoms in total. The van der Waals surface area contributed by atoms with Crippen molar-refractivity contribution in [3.8, 4) is 11.5 Å². The Balaban J connectivity index is 1.59. The molecule has 0 aliphatic carbocycles. The minimum absolute atomic E-state index is 0.0142. The molecule has 1 fully saturated rings. The van der Waals surface area contributed by atoms with Crippen LogP contribution in [0.15, 0.2) is 48.5 Å². The second-order valence-electron chi connectivity index (χ2n) is 8.79. The van der Waals surface area contributed by atoms with Crippen molar-refractivity contribution in [2.45, 2.75) is 49.7 Å². The third-order valence-corrected chi connectivity index (χ3v) is 7.05. The lowest BCUT2D eigenvalue weighted by Gasteiger charge is -2.28. The predicted molar refractivity (Wildman–Crippen MR) is 139 cm³/mol. The molecule has 2 aromatic rings. The summed E-state index contributed by atoms with van der Waals surface area (Å²) < 4.78 is 21.1. The van der Waals surface area contributed by atoms with Crippen molar-refractivity contribution in [3.63, 3.8) is 0 Å². The van der Waals surface area contributed by atoms with E-state index in [1.54, 1.807) is 31.4 Å². The quantitative estimate of drug-likeness (QED) is 0.413. The molecule has 3 rings (SSSR count). The van der Waals surface area contributed by atoms with Gasteiger partial charge in [-0.15, -0.1) is 11.8 Å². The zero-order chi connectivity index (χ0) is 26.9. The first-order chi connectivity index (χ1) is 17.7. The highest BCUT2D eigenvalue weighted by Crippen LogP contribution is 2.26. The number of amides is 2. The van der Waals surface area contributed by atoms with Crippen LogP contribution in [0.4, 0.5) is 4.79 Å². The Labute approximate surface area is 221 Å². The van der Waals surface area contributed by atoms with E-state index in [-0.39, 0.29) is 19.4 Å². The molecule has 2 aromatic carbocycles. The van der Waals surface area contributed by atoms with E-state index < -0.39 is 41.5 Å². The van der Waals surface area contributed by atoms with Gasteiger partial charge in [0.15, 0.2) is 0 Å². The van der Waals surface area contributed by atoms with Crippen LogP contribution in [0.2, 0.25) is 0 Å². The van der Waals surface area contributed by atoms with Crippen LogP contribution in [0.3, 0.4) is 0 Å². The van der Waals surface area contributed by atoms with E-state index in [0.717, 1.165) is 22.2 Å². The molecular formula is C27H33NO8S. The predicted octanol–water partition coefficient (Wildman–Crippen LogP) is 3.25. The summed E-state index contributed by atoms with van der Waals surface area (Å²) in [7, 11) is 3.05. The van der Waals surface area contributed by atoms with Crippen molar-refractivity contribution < 1.29 is 38.4 Å². The molecule has 200 valence electrons. The number of carbonyl (C=O) groups is 3. The minimum Gasteiger partial charge on any atom is -0.497 e. The molecule has 1 aliphatic heterocycles. The molecule has 0 bridgehead atoms. The van der Waals surface area contributed by atoms with Gasteiger partial charge in [-0.2, -0.15) is 0 Å². The van der Waals surface area contributed by atoms with Crippen LogP contribution >= 0.6 is 11.8 Å². The standard InChI is InChI=1S/C27H33NO8S/c1-17(36-24(30)14-19-12-21(33-2)15-22(13-19)34-3)10-23(29)25(37-4)26(31)28-20(16-35-27(28)32)11-18-8-6-5-7-9-18/h5-9,12-13,15,17,20,23,25,29H,10-11,14,16H2,1-4H3/t17-,20-,23+,25-/m1/s1. The maximum atomic E-state index is 13.3. The number of carbonyl (C=O) groups excluding carboxylic acids is 3. The van der Waals surface area contributed by atoms with E-state index in [1.807, 2.05) is 30.3 Å². The number of nitrogens with zero attached hydrogens (tertiary/aromatic N) is 1. The van der Waals surface area contributed by atoms with Gasteiger partial charge < -0.3 is 24.1 Å². The van der Waals surface area contributed by atoms with E-state index in [2.05, 4.69) is 0 Å². The summed E-state index contributed by atoms with van der Waals surface area (Å²) in [6.07, 6.45) is -0.372. The zero-order valence-electron chi connectivity index (χ0n) is 21.4. The molecule has 0 spiro atoms. The van der Waals surface area contributed by atoms with Crippen LogP contribution in [-0.4, -0.2) is 78.6 Å². The van der Waals surface area contributed by atoms with Crippen LogP contribution < -0.4 is 9.47 Å². The zero-order valence-corrected chi connectivity index (χ0v) is 22.2. The number of esters is 1. The van der Waals surface area contributed by atoms with Crippen LogP contribution in [0.1, 0.15) is 24.5 Å². The van der Waals surface area contributed by atoms with Gasteiger partial charge in [0, 0.05) is 12.5 Å². The molecule has 1 saturated heterocycles. The number of aliphatic hydroxyl groups is 1. The van der Waals surface area contributed by atoms with Gasteiger partial charge in [-0.25, -0.2) is 9.69 Å². The van der Waals surface area contributed by atoms with Crippen molar-refractivity contribution in [2.24, 2.45) is 0 Å². The Morgan fingerprint density at radius 1 is 1.11 bits per heavy atom. The minimum atomic E-state index is -1.15. The first-order valence-electron chi connectivity index (χ1n) is 11.9. The highest BCUT2D eigenvalue weighted by atomic mass is 32.2. The topological polar surface area (TPSA) is 112 Å². The number of rotatable bonds is 12. The molecule has 0 aromatic heterocycles. The number of ether oxygens (including phenoxy) is 4. The average Bonchev–Trinajstić information content (AvgIpc) is 3.23. The summed E-state index contributed by atoms with van der Waals surface area (Å²) in [4.78, 5) is 39.3. The van der Waals surface area contributed by atoms with Gasteiger partial charge in [-0.05, 0) is 42.9 Å². The van der Waals surface area contributed by atoms with E-state index in [0.29, 0.717) is 23.5 Å². The molecule has 0 unspecified atom stereocenters. The Morgan fingerprint density at radius 2 is 1.76 bits per heavy atom. The largest absolute Gasteiger partial charge is 0.497 e. The molecule has 0 saturated carbocycles. The number of aliphatic hydroxyl groups excluding tert-OH is 1. The number of hydrogen-bond donors (Lipinski definition) is 1. The van der Waals surface area contributed by atoms with E-state index in [4.69, 9.17) is 18.9 Å². The maximum absolute atomic E-state index is 13.3. The maximum Gasteiger partial charge on any atom is 0.417 e. The third-order valence-electron chi connectivity index (χ3n) is 6.03. The van der Waals surface area contributed by atoms with Crippen molar-refractivity contribution in [1.82, 2.24) is 4.90 Å². The lowest BCUT2D eigenvalue weighted by atomic mass is 10.0. The number of methoxy groups -OCH3 is 2. The molecular weight excluding hydrogens is 498 g/mol. The van der Waals surface area contributed by atoms with Gasteiger partial charge in [0.25, 0.3) is 0 Å². The molecule has 1 N–H and O–H groups in total. The van der Waals surface area contributed by atoms with Gasteiger partial charge in [0.2, 0.25) is 5.91 Å². The van der Waals surface area contributed by atoms with Gasteiger partial charge in [-0.1, -0.05) is 30.3 Å². The van der Waals surface area contributed by atoms with Gasteiger partial charge in [0.1, 0.15) is 29.5 Å². The van der Waals surface area contributed by atoms with Crippen molar-refractivity contribution in [1.29, 1.82) is 0 Å². The molecule has 10 heteroatoms. The lowest BCUT2D eigenvalue weighted by molar-refractivity contribution is -0.148. The van der Waals surface area contributed by atoms with Crippen molar-refractivity contribution >= 4 is 29.7 Å². The monoisotopic (exact) mass is 531 g/mol. The Kier molecular flexibility index (Phi) is 10.2. The fourth-order valence-electron chi connectivity index (χ4n) is 4.24. The van der Waals surface area contributed by atoms with E-state index in [9.17, 15) is 19.5 Å². The first kappa shape index (κ1) is 28.3. The van der Waals surface area contributed by atoms with Crippen molar-refractivity contribution in [2.75, 3.05) is 27.1 Å². The molecule has 4 atom stereocenters. The van der Waals surface area contributed by atoms with Crippen LogP contribution in [0.5, 0.6) is 11.5 Å². The number of benzene rings is 2. The van der Waals surface area contributed by atoms with E-state index in [1.165, 1.54) is 14.2 Å². The van der Waals surface area contributed by atoms with Crippen LogP contribution in [-0.2, 0) is 31.9 Å². The average molecular weight is 532 g/mol.